The second-order valence-electron chi connectivity index (χ2n) is 8.34. The topological polar surface area (TPSA) is 83.0 Å². The molecular formula is C20H30N6OS. The van der Waals surface area contributed by atoms with E-state index in [0.717, 1.165) is 42.0 Å². The predicted octanol–water partition coefficient (Wildman–Crippen LogP) is 3.05. The maximum atomic E-state index is 12.5. The van der Waals surface area contributed by atoms with Gasteiger partial charge in [0.1, 0.15) is 16.7 Å². The maximum Gasteiger partial charge on any atom is 0.234 e. The number of amides is 1. The van der Waals surface area contributed by atoms with Gasteiger partial charge in [0, 0.05) is 24.7 Å². The first-order valence-corrected chi connectivity index (χ1v) is 11.3. The molecule has 28 heavy (non-hydrogen) atoms. The van der Waals surface area contributed by atoms with Crippen LogP contribution in [0, 0.1) is 5.92 Å². The van der Waals surface area contributed by atoms with Gasteiger partial charge in [-0.25, -0.2) is 15.0 Å². The van der Waals surface area contributed by atoms with Gasteiger partial charge in [0.25, 0.3) is 0 Å². The first kappa shape index (κ1) is 19.5. The van der Waals surface area contributed by atoms with Crippen molar-refractivity contribution in [2.24, 2.45) is 5.92 Å². The largest absolute Gasteiger partial charge is 0.368 e. The third-order valence-electron chi connectivity index (χ3n) is 6.35. The van der Waals surface area contributed by atoms with Crippen LogP contribution in [-0.4, -0.2) is 57.0 Å². The van der Waals surface area contributed by atoms with E-state index in [0.29, 0.717) is 30.6 Å². The summed E-state index contributed by atoms with van der Waals surface area (Å²) in [5, 5.41) is 6.69. The predicted molar refractivity (Wildman–Crippen MR) is 112 cm³/mol. The van der Waals surface area contributed by atoms with E-state index in [4.69, 9.17) is 0 Å². The lowest BCUT2D eigenvalue weighted by Gasteiger charge is -2.26. The van der Waals surface area contributed by atoms with Crippen molar-refractivity contribution in [1.82, 2.24) is 25.2 Å². The number of fused-ring (bicyclic) bond motifs is 1. The number of hydrogen-bond acceptors (Lipinski definition) is 7. The Labute approximate surface area is 170 Å². The lowest BCUT2D eigenvalue weighted by atomic mass is 10.0. The van der Waals surface area contributed by atoms with Gasteiger partial charge in [-0.15, -0.1) is 11.3 Å². The van der Waals surface area contributed by atoms with Crippen LogP contribution >= 0.6 is 11.3 Å². The molecule has 0 radical (unpaired) electrons. The average Bonchev–Trinajstić information content (AvgIpc) is 3.39. The summed E-state index contributed by atoms with van der Waals surface area (Å²) in [6, 6.07) is 1.37. The van der Waals surface area contributed by atoms with Crippen LogP contribution in [0.5, 0.6) is 0 Å². The van der Waals surface area contributed by atoms with Crippen molar-refractivity contribution in [2.75, 3.05) is 18.4 Å². The van der Waals surface area contributed by atoms with Crippen LogP contribution in [0.4, 0.5) is 5.82 Å². The fourth-order valence-corrected chi connectivity index (χ4v) is 5.31. The number of nitrogens with zero attached hydrogens (tertiary/aromatic N) is 4. The van der Waals surface area contributed by atoms with E-state index in [1.807, 2.05) is 0 Å². The number of aromatic nitrogens is 3. The summed E-state index contributed by atoms with van der Waals surface area (Å²) in [4.78, 5) is 28.6. The monoisotopic (exact) mass is 402 g/mol. The molecule has 1 aliphatic carbocycles. The Balaban J connectivity index is 1.19. The van der Waals surface area contributed by atoms with Crippen LogP contribution in [0.2, 0.25) is 0 Å². The molecule has 0 aromatic carbocycles. The highest BCUT2D eigenvalue weighted by atomic mass is 32.1. The normalized spacial score (nSPS) is 28.1. The molecule has 0 spiro atoms. The van der Waals surface area contributed by atoms with Crippen LogP contribution < -0.4 is 10.6 Å². The highest BCUT2D eigenvalue weighted by Gasteiger charge is 2.30. The molecule has 4 unspecified atom stereocenters. The summed E-state index contributed by atoms with van der Waals surface area (Å²) >= 11 is 1.53. The Bertz CT molecular complexity index is 801. The zero-order chi connectivity index (χ0) is 19.5. The smallest absolute Gasteiger partial charge is 0.234 e. The third kappa shape index (κ3) is 4.43. The van der Waals surface area contributed by atoms with Gasteiger partial charge in [-0.3, -0.25) is 9.69 Å². The van der Waals surface area contributed by atoms with Crippen molar-refractivity contribution >= 4 is 33.4 Å². The summed E-state index contributed by atoms with van der Waals surface area (Å²) in [6.07, 6.45) is 8.42. The van der Waals surface area contributed by atoms with Gasteiger partial charge < -0.3 is 10.6 Å². The van der Waals surface area contributed by atoms with E-state index >= 15 is 0 Å². The molecule has 2 N–H and O–H groups in total. The minimum atomic E-state index is 0.191. The standard InChI is InChI=1S/C20H30N6OS/c1-13-3-4-14(2)26(13)10-17(27)25-16-6-5-15(9-16)7-8-21-19-18-20(23-11-22-19)28-12-24-18/h11-16H,3-10H2,1-2H3,(H,25,27)(H,21,22,23). The van der Waals surface area contributed by atoms with Crippen LogP contribution in [0.1, 0.15) is 52.4 Å². The van der Waals surface area contributed by atoms with Crippen molar-refractivity contribution in [3.05, 3.63) is 11.8 Å². The molecule has 2 aliphatic rings. The molecule has 0 bridgehead atoms. The zero-order valence-electron chi connectivity index (χ0n) is 16.7. The Kier molecular flexibility index (Phi) is 6.06. The fraction of sp³-hybridized carbons (Fsp3) is 0.700. The molecule has 1 saturated carbocycles. The first-order chi connectivity index (χ1) is 13.6. The quantitative estimate of drug-likeness (QED) is 0.741. The summed E-state index contributed by atoms with van der Waals surface area (Å²) in [5.41, 5.74) is 2.66. The molecule has 4 atom stereocenters. The van der Waals surface area contributed by atoms with Crippen molar-refractivity contribution in [3.63, 3.8) is 0 Å². The van der Waals surface area contributed by atoms with Crippen molar-refractivity contribution in [1.29, 1.82) is 0 Å². The number of carbonyl (C=O) groups excluding carboxylic acids is 1. The Morgan fingerprint density at radius 1 is 1.18 bits per heavy atom. The van der Waals surface area contributed by atoms with E-state index in [2.05, 4.69) is 44.3 Å². The van der Waals surface area contributed by atoms with E-state index in [-0.39, 0.29) is 5.91 Å². The summed E-state index contributed by atoms with van der Waals surface area (Å²) in [6.45, 7) is 5.87. The molecule has 8 heteroatoms. The summed E-state index contributed by atoms with van der Waals surface area (Å²) in [7, 11) is 0. The van der Waals surface area contributed by atoms with Gasteiger partial charge in [-0.05, 0) is 58.3 Å². The van der Waals surface area contributed by atoms with E-state index in [9.17, 15) is 4.79 Å². The summed E-state index contributed by atoms with van der Waals surface area (Å²) < 4.78 is 0. The van der Waals surface area contributed by atoms with Crippen molar-refractivity contribution in [3.8, 4) is 0 Å². The van der Waals surface area contributed by atoms with Crippen LogP contribution in [0.3, 0.4) is 0 Å². The Morgan fingerprint density at radius 2 is 2.00 bits per heavy atom. The van der Waals surface area contributed by atoms with Gasteiger partial charge in [0.2, 0.25) is 5.91 Å². The molecule has 2 aromatic rings. The number of anilines is 1. The van der Waals surface area contributed by atoms with Crippen LogP contribution in [0.15, 0.2) is 11.8 Å². The van der Waals surface area contributed by atoms with Crippen molar-refractivity contribution in [2.45, 2.75) is 70.5 Å². The average molecular weight is 403 g/mol. The molecule has 2 fully saturated rings. The summed E-state index contributed by atoms with van der Waals surface area (Å²) in [5.74, 6) is 1.66. The number of thiazole rings is 1. The highest BCUT2D eigenvalue weighted by Crippen LogP contribution is 2.29. The van der Waals surface area contributed by atoms with Crippen LogP contribution in [-0.2, 0) is 4.79 Å². The number of nitrogens with one attached hydrogen (secondary N) is 2. The first-order valence-electron chi connectivity index (χ1n) is 10.4. The molecule has 3 heterocycles. The SMILES string of the molecule is CC1CCC(C)N1CC(=O)NC1CCC(CCNc2ncnc3scnc23)C1. The lowest BCUT2D eigenvalue weighted by Crippen LogP contribution is -2.44. The second-order valence-corrected chi connectivity index (χ2v) is 9.17. The minimum absolute atomic E-state index is 0.191. The van der Waals surface area contributed by atoms with Gasteiger partial charge in [-0.2, -0.15) is 0 Å². The van der Waals surface area contributed by atoms with Gasteiger partial charge >= 0.3 is 0 Å². The lowest BCUT2D eigenvalue weighted by molar-refractivity contribution is -0.123. The third-order valence-corrected chi connectivity index (χ3v) is 7.08. The minimum Gasteiger partial charge on any atom is -0.368 e. The Hall–Kier alpha value is -1.80. The molecule has 2 aromatic heterocycles. The van der Waals surface area contributed by atoms with Gasteiger partial charge in [0.15, 0.2) is 5.82 Å². The second kappa shape index (κ2) is 8.69. The maximum absolute atomic E-state index is 12.5. The molecule has 1 amide bonds. The molecular weight excluding hydrogens is 372 g/mol. The van der Waals surface area contributed by atoms with Gasteiger partial charge in [-0.1, -0.05) is 0 Å². The number of likely N-dealkylation sites (tertiary alicyclic amines) is 1. The highest BCUT2D eigenvalue weighted by molar-refractivity contribution is 7.16. The molecule has 7 nitrogen and oxygen atoms in total. The number of hydrogen-bond donors (Lipinski definition) is 2. The number of carbonyl (C=O) groups is 1. The molecule has 152 valence electrons. The molecule has 1 aliphatic heterocycles. The zero-order valence-corrected chi connectivity index (χ0v) is 17.5. The molecule has 4 rings (SSSR count). The number of rotatable bonds is 7. The molecule has 1 saturated heterocycles. The van der Waals surface area contributed by atoms with E-state index in [1.165, 1.54) is 30.6 Å². The van der Waals surface area contributed by atoms with E-state index < -0.39 is 0 Å². The fourth-order valence-electron chi connectivity index (χ4n) is 4.69. The van der Waals surface area contributed by atoms with Gasteiger partial charge in [0.05, 0.1) is 12.1 Å². The Morgan fingerprint density at radius 3 is 2.82 bits per heavy atom. The van der Waals surface area contributed by atoms with Crippen molar-refractivity contribution < 1.29 is 4.79 Å². The van der Waals surface area contributed by atoms with E-state index in [1.54, 1.807) is 11.8 Å². The van der Waals surface area contributed by atoms with Crippen LogP contribution in [0.25, 0.3) is 10.3 Å².